The molecule has 7 fully saturated rings. The van der Waals surface area contributed by atoms with Crippen LogP contribution >= 0.6 is 0 Å². The number of Topliss-reactive ketones (excluding diaryl/α,β-unsaturated/α-hetero) is 1. The highest BCUT2D eigenvalue weighted by molar-refractivity contribution is 5.88. The van der Waals surface area contributed by atoms with Crippen molar-refractivity contribution in [3.05, 3.63) is 0 Å². The van der Waals surface area contributed by atoms with Crippen molar-refractivity contribution >= 4 is 11.8 Å². The molecule has 2 spiro atoms. The smallest absolute Gasteiger partial charge is 0.311 e. The second-order valence-corrected chi connectivity index (χ2v) is 14.0. The van der Waals surface area contributed by atoms with Crippen LogP contribution in [0, 0.1) is 46.3 Å². The van der Waals surface area contributed by atoms with Gasteiger partial charge in [-0.25, -0.2) is 0 Å². The summed E-state index contributed by atoms with van der Waals surface area (Å²) < 4.78 is 18.6. The number of ether oxygens (including phenoxy) is 3. The number of carbonyl (C=O) groups is 2. The average Bonchev–Trinajstić information content (AvgIpc) is 3.42. The third-order valence-corrected chi connectivity index (χ3v) is 12.9. The Morgan fingerprint density at radius 3 is 2.36 bits per heavy atom. The first kappa shape index (κ1) is 24.0. The van der Waals surface area contributed by atoms with Gasteiger partial charge in [-0.15, -0.1) is 0 Å². The average molecular weight is 505 g/mol. The maximum Gasteiger partial charge on any atom is 0.311 e. The van der Waals surface area contributed by atoms with E-state index in [0.29, 0.717) is 19.3 Å². The standard InChI is InChI=1S/C28H40O8/c1-12-13(2)28(36-22(12)31)23(32)26(5,33)21-17(34-28)11-16-14-10-20-27(35-20)19(30)7-6-18(29)25(27,4)15(14)8-9-24(16,21)3/h12-17,19-21,23,30,32-33H,6-11H2,1-5H3/t12-,13-,14?,15?,16?,17+,19+,20-,21?,23+,24+,25+,26-,27?,28?/m1/s1. The molecule has 0 aromatic carbocycles. The second-order valence-electron chi connectivity index (χ2n) is 14.0. The van der Waals surface area contributed by atoms with Gasteiger partial charge in [-0.3, -0.25) is 9.59 Å². The number of esters is 1. The summed E-state index contributed by atoms with van der Waals surface area (Å²) in [6.07, 6.45) is 1.48. The molecule has 3 aliphatic heterocycles. The SMILES string of the molecule is C[C@@H]1[C@@H](C)C(=O)OC12O[C@H]1CC3C4C[C@H]5OC56[C@@H](O)CCC(=O)[C@]6(C)C4CC[C@]3(C)C1[C@@](C)(O)[C@@H]2O. The van der Waals surface area contributed by atoms with Crippen molar-refractivity contribution in [1.82, 2.24) is 0 Å². The summed E-state index contributed by atoms with van der Waals surface area (Å²) in [4.78, 5) is 26.0. The van der Waals surface area contributed by atoms with Crippen LogP contribution in [0.3, 0.4) is 0 Å². The Bertz CT molecular complexity index is 1040. The zero-order chi connectivity index (χ0) is 25.8. The third kappa shape index (κ3) is 2.34. The lowest BCUT2D eigenvalue weighted by Crippen LogP contribution is -2.71. The summed E-state index contributed by atoms with van der Waals surface area (Å²) >= 11 is 0. The van der Waals surface area contributed by atoms with Crippen molar-refractivity contribution < 1.29 is 39.1 Å². The molecule has 8 nitrogen and oxygen atoms in total. The fraction of sp³-hybridized carbons (Fsp3) is 0.929. The lowest BCUT2D eigenvalue weighted by molar-refractivity contribution is -0.368. The summed E-state index contributed by atoms with van der Waals surface area (Å²) in [5.41, 5.74) is -3.26. The quantitative estimate of drug-likeness (QED) is 0.338. The maximum absolute atomic E-state index is 13.5. The van der Waals surface area contributed by atoms with Crippen LogP contribution in [-0.2, 0) is 23.8 Å². The van der Waals surface area contributed by atoms with Gasteiger partial charge in [0.2, 0.25) is 5.79 Å². The fourth-order valence-corrected chi connectivity index (χ4v) is 10.9. The van der Waals surface area contributed by atoms with E-state index in [0.717, 1.165) is 19.3 Å². The van der Waals surface area contributed by atoms with E-state index in [4.69, 9.17) is 14.2 Å². The molecule has 7 aliphatic rings. The van der Waals surface area contributed by atoms with Crippen LogP contribution in [0.15, 0.2) is 0 Å². The summed E-state index contributed by atoms with van der Waals surface area (Å²) in [5, 5.41) is 34.5. The fourth-order valence-electron chi connectivity index (χ4n) is 10.9. The van der Waals surface area contributed by atoms with Gasteiger partial charge in [0.15, 0.2) is 0 Å². The molecule has 36 heavy (non-hydrogen) atoms. The molecule has 3 N–H and O–H groups in total. The van der Waals surface area contributed by atoms with Gasteiger partial charge < -0.3 is 29.5 Å². The van der Waals surface area contributed by atoms with Crippen LogP contribution in [0.25, 0.3) is 0 Å². The Kier molecular flexibility index (Phi) is 4.49. The minimum Gasteiger partial charge on any atom is -0.429 e. The van der Waals surface area contributed by atoms with Crippen molar-refractivity contribution in [3.63, 3.8) is 0 Å². The molecule has 4 aliphatic carbocycles. The van der Waals surface area contributed by atoms with Gasteiger partial charge in [0.25, 0.3) is 0 Å². The van der Waals surface area contributed by atoms with E-state index < -0.39 is 52.4 Å². The molecule has 7 rings (SSSR count). The molecular weight excluding hydrogens is 464 g/mol. The van der Waals surface area contributed by atoms with Gasteiger partial charge >= 0.3 is 5.97 Å². The maximum atomic E-state index is 13.5. The van der Waals surface area contributed by atoms with Crippen LogP contribution in [0.2, 0.25) is 0 Å². The molecular formula is C28H40O8. The molecule has 0 aromatic rings. The van der Waals surface area contributed by atoms with Crippen LogP contribution in [0.4, 0.5) is 0 Å². The number of hydrogen-bond acceptors (Lipinski definition) is 8. The Balaban J connectivity index is 1.27. The molecule has 6 unspecified atom stereocenters. The molecule has 0 aromatic heterocycles. The van der Waals surface area contributed by atoms with Crippen molar-refractivity contribution in [2.75, 3.05) is 0 Å². The molecule has 8 heteroatoms. The highest BCUT2D eigenvalue weighted by Crippen LogP contribution is 2.75. The Morgan fingerprint density at radius 2 is 1.69 bits per heavy atom. The van der Waals surface area contributed by atoms with E-state index >= 15 is 0 Å². The minimum atomic E-state index is -1.55. The molecule has 4 saturated carbocycles. The number of carbonyl (C=O) groups excluding carboxylic acids is 2. The minimum absolute atomic E-state index is 0.101. The van der Waals surface area contributed by atoms with Crippen LogP contribution in [0.5, 0.6) is 0 Å². The molecule has 15 atom stereocenters. The summed E-state index contributed by atoms with van der Waals surface area (Å²) in [6.45, 7) is 9.55. The monoisotopic (exact) mass is 504 g/mol. The molecule has 0 radical (unpaired) electrons. The largest absolute Gasteiger partial charge is 0.429 e. The Morgan fingerprint density at radius 1 is 0.972 bits per heavy atom. The van der Waals surface area contributed by atoms with Gasteiger partial charge in [-0.1, -0.05) is 20.8 Å². The first-order valence-electron chi connectivity index (χ1n) is 14.0. The lowest BCUT2D eigenvalue weighted by Gasteiger charge is -2.60. The van der Waals surface area contributed by atoms with Crippen LogP contribution < -0.4 is 0 Å². The molecule has 3 heterocycles. The highest BCUT2D eigenvalue weighted by Gasteiger charge is 2.82. The second kappa shape index (κ2) is 6.74. The summed E-state index contributed by atoms with van der Waals surface area (Å²) in [6, 6.07) is 0. The highest BCUT2D eigenvalue weighted by atomic mass is 16.7. The molecule has 0 bridgehead atoms. The Labute approximate surface area is 212 Å². The normalized spacial score (nSPS) is 65.2. The van der Waals surface area contributed by atoms with Gasteiger partial charge in [-0.2, -0.15) is 0 Å². The predicted octanol–water partition coefficient (Wildman–Crippen LogP) is 1.96. The number of aliphatic hydroxyl groups excluding tert-OH is 2. The predicted molar refractivity (Wildman–Crippen MR) is 125 cm³/mol. The summed E-state index contributed by atoms with van der Waals surface area (Å²) in [7, 11) is 0. The van der Waals surface area contributed by atoms with Crippen molar-refractivity contribution in [3.8, 4) is 0 Å². The van der Waals surface area contributed by atoms with E-state index in [-0.39, 0.29) is 47.1 Å². The third-order valence-electron chi connectivity index (χ3n) is 12.9. The van der Waals surface area contributed by atoms with E-state index in [1.165, 1.54) is 0 Å². The first-order valence-corrected chi connectivity index (χ1v) is 14.0. The topological polar surface area (TPSA) is 126 Å². The van der Waals surface area contributed by atoms with Crippen molar-refractivity contribution in [2.24, 2.45) is 46.3 Å². The van der Waals surface area contributed by atoms with E-state index in [2.05, 4.69) is 6.92 Å². The molecule has 200 valence electrons. The zero-order valence-corrected chi connectivity index (χ0v) is 21.9. The van der Waals surface area contributed by atoms with Gasteiger partial charge in [0.1, 0.15) is 23.1 Å². The van der Waals surface area contributed by atoms with Crippen LogP contribution in [-0.4, -0.2) is 68.5 Å². The number of aliphatic hydroxyl groups is 3. The van der Waals surface area contributed by atoms with E-state index in [9.17, 15) is 24.9 Å². The number of fused-ring (bicyclic) bond motifs is 6. The van der Waals surface area contributed by atoms with Gasteiger partial charge in [0.05, 0.1) is 29.6 Å². The number of epoxide rings is 1. The van der Waals surface area contributed by atoms with Gasteiger partial charge in [0, 0.05) is 18.3 Å². The number of ketones is 1. The van der Waals surface area contributed by atoms with Crippen molar-refractivity contribution in [1.29, 1.82) is 0 Å². The van der Waals surface area contributed by atoms with Crippen LogP contribution in [0.1, 0.15) is 73.1 Å². The summed E-state index contributed by atoms with van der Waals surface area (Å²) in [5.74, 6) is -2.45. The first-order chi connectivity index (χ1) is 16.8. The number of hydrogen-bond donors (Lipinski definition) is 3. The number of rotatable bonds is 0. The lowest BCUT2D eigenvalue weighted by atomic mass is 9.43. The zero-order valence-electron chi connectivity index (χ0n) is 21.9. The van der Waals surface area contributed by atoms with E-state index in [1.54, 1.807) is 13.8 Å². The molecule has 0 amide bonds. The Hall–Kier alpha value is -1.06. The van der Waals surface area contributed by atoms with Gasteiger partial charge in [-0.05, 0) is 69.1 Å². The van der Waals surface area contributed by atoms with E-state index in [1.807, 2.05) is 13.8 Å². The molecule has 3 saturated heterocycles. The van der Waals surface area contributed by atoms with Crippen molar-refractivity contribution in [2.45, 2.75) is 115 Å².